The quantitative estimate of drug-likeness (QED) is 0.227. The van der Waals surface area contributed by atoms with Gasteiger partial charge in [-0.15, -0.1) is 0 Å². The number of rotatable bonds is 10. The van der Waals surface area contributed by atoms with Crippen LogP contribution in [0.15, 0.2) is 84.9 Å². The Balaban J connectivity index is 1.34. The van der Waals surface area contributed by atoms with Gasteiger partial charge in [0.2, 0.25) is 5.91 Å². The van der Waals surface area contributed by atoms with Crippen LogP contribution in [0.4, 0.5) is 4.39 Å². The first-order chi connectivity index (χ1) is 18.9. The van der Waals surface area contributed by atoms with Crippen LogP contribution >= 0.6 is 0 Å². The highest BCUT2D eigenvalue weighted by Gasteiger charge is 2.29. The second-order valence-electron chi connectivity index (χ2n) is 10.3. The molecule has 0 saturated heterocycles. The Bertz CT molecular complexity index is 1470. The van der Waals surface area contributed by atoms with E-state index in [1.807, 2.05) is 67.6 Å². The van der Waals surface area contributed by atoms with E-state index >= 15 is 0 Å². The molecule has 1 aliphatic rings. The standard InChI is InChI=1S/C33H33FN2O3/c1-21(22-7-3-2-4-8-22)35-31(39)20-27(38)19-26(37)17-18-29-32(23-13-15-25(34)16-14-23)28-9-5-6-10-30(28)36-33(29)24-11-12-24/h2-10,13-18,21,24,26-27,37-38H,11-12,19-20H2,1H3,(H,35,39)/b18-17+/t21-,26+,27+/m0/s1. The third-order valence-corrected chi connectivity index (χ3v) is 7.15. The van der Waals surface area contributed by atoms with Gasteiger partial charge in [-0.25, -0.2) is 4.39 Å². The number of benzene rings is 3. The number of aliphatic hydroxyl groups excluding tert-OH is 2. The number of aliphatic hydroxyl groups is 2. The number of nitrogens with one attached hydrogen (secondary N) is 1. The summed E-state index contributed by atoms with van der Waals surface area (Å²) in [6.07, 6.45) is 3.57. The molecule has 4 aromatic rings. The minimum absolute atomic E-state index is 0.0231. The highest BCUT2D eigenvalue weighted by molar-refractivity contribution is 5.99. The second-order valence-corrected chi connectivity index (χ2v) is 10.3. The van der Waals surface area contributed by atoms with E-state index in [1.54, 1.807) is 18.2 Å². The van der Waals surface area contributed by atoms with Crippen molar-refractivity contribution in [1.29, 1.82) is 0 Å². The molecule has 1 fully saturated rings. The van der Waals surface area contributed by atoms with Crippen LogP contribution in [0.1, 0.15) is 61.4 Å². The number of aromatic nitrogens is 1. The molecule has 1 amide bonds. The average Bonchev–Trinajstić information content (AvgIpc) is 3.77. The van der Waals surface area contributed by atoms with Crippen LogP contribution in [-0.4, -0.2) is 33.3 Å². The Morgan fingerprint density at radius 1 is 1.03 bits per heavy atom. The van der Waals surface area contributed by atoms with E-state index in [4.69, 9.17) is 4.98 Å². The van der Waals surface area contributed by atoms with Crippen LogP contribution < -0.4 is 5.32 Å². The lowest BCUT2D eigenvalue weighted by atomic mass is 9.92. The number of halogens is 1. The maximum atomic E-state index is 13.7. The first-order valence-electron chi connectivity index (χ1n) is 13.5. The van der Waals surface area contributed by atoms with Gasteiger partial charge in [0.1, 0.15) is 5.82 Å². The lowest BCUT2D eigenvalue weighted by Crippen LogP contribution is -2.31. The maximum Gasteiger partial charge on any atom is 0.223 e. The predicted octanol–water partition coefficient (Wildman–Crippen LogP) is 6.31. The number of hydrogen-bond donors (Lipinski definition) is 3. The molecule has 3 aromatic carbocycles. The van der Waals surface area contributed by atoms with E-state index in [2.05, 4.69) is 5.32 Å². The fourth-order valence-electron chi connectivity index (χ4n) is 5.00. The van der Waals surface area contributed by atoms with E-state index in [0.717, 1.165) is 51.7 Å². The highest BCUT2D eigenvalue weighted by Crippen LogP contribution is 2.45. The summed E-state index contributed by atoms with van der Waals surface area (Å²) in [5, 5.41) is 25.1. The van der Waals surface area contributed by atoms with Crippen LogP contribution in [0.2, 0.25) is 0 Å². The van der Waals surface area contributed by atoms with E-state index in [-0.39, 0.29) is 30.6 Å². The molecule has 3 atom stereocenters. The molecule has 1 aromatic heterocycles. The van der Waals surface area contributed by atoms with Crippen molar-refractivity contribution in [3.05, 3.63) is 108 Å². The fourth-order valence-corrected chi connectivity index (χ4v) is 5.00. The second kappa shape index (κ2) is 11.9. The number of fused-ring (bicyclic) bond motifs is 1. The Morgan fingerprint density at radius 2 is 1.72 bits per heavy atom. The Kier molecular flexibility index (Phi) is 8.15. The van der Waals surface area contributed by atoms with E-state index in [0.29, 0.717) is 5.92 Å². The summed E-state index contributed by atoms with van der Waals surface area (Å²) in [5.41, 5.74) is 5.53. The molecular weight excluding hydrogens is 491 g/mol. The Hall–Kier alpha value is -3.87. The van der Waals surface area contributed by atoms with Crippen LogP contribution in [0.5, 0.6) is 0 Å². The molecule has 0 unspecified atom stereocenters. The first-order valence-corrected chi connectivity index (χ1v) is 13.5. The minimum atomic E-state index is -0.998. The van der Waals surface area contributed by atoms with Crippen molar-refractivity contribution < 1.29 is 19.4 Å². The average molecular weight is 525 g/mol. The van der Waals surface area contributed by atoms with Crippen molar-refractivity contribution in [1.82, 2.24) is 10.3 Å². The third kappa shape index (κ3) is 6.59. The molecule has 200 valence electrons. The first kappa shape index (κ1) is 26.7. The number of para-hydroxylation sites is 1. The van der Waals surface area contributed by atoms with Crippen LogP contribution in [0.3, 0.4) is 0 Å². The van der Waals surface area contributed by atoms with Crippen molar-refractivity contribution in [2.75, 3.05) is 0 Å². The van der Waals surface area contributed by atoms with Gasteiger partial charge in [-0.2, -0.15) is 0 Å². The minimum Gasteiger partial charge on any atom is -0.392 e. The summed E-state index contributed by atoms with van der Waals surface area (Å²) in [6.45, 7) is 1.89. The van der Waals surface area contributed by atoms with Gasteiger partial charge in [0.05, 0.1) is 35.9 Å². The van der Waals surface area contributed by atoms with Gasteiger partial charge >= 0.3 is 0 Å². The molecule has 0 bridgehead atoms. The zero-order valence-electron chi connectivity index (χ0n) is 21.9. The van der Waals surface area contributed by atoms with Crippen LogP contribution in [0, 0.1) is 5.82 Å². The number of hydrogen-bond acceptors (Lipinski definition) is 4. The van der Waals surface area contributed by atoms with Crippen molar-refractivity contribution in [2.24, 2.45) is 0 Å². The SMILES string of the molecule is C[C@H](NC(=O)C[C@H](O)C[C@H](O)/C=C/c1c(C2CC2)nc2ccccc2c1-c1ccc(F)cc1)c1ccccc1. The van der Waals surface area contributed by atoms with E-state index < -0.39 is 12.2 Å². The topological polar surface area (TPSA) is 82.5 Å². The van der Waals surface area contributed by atoms with Gasteiger partial charge in [-0.05, 0) is 49.1 Å². The maximum absolute atomic E-state index is 13.7. The molecule has 5 rings (SSSR count). The number of amides is 1. The largest absolute Gasteiger partial charge is 0.392 e. The summed E-state index contributed by atoms with van der Waals surface area (Å²) in [4.78, 5) is 17.4. The molecule has 39 heavy (non-hydrogen) atoms. The number of pyridine rings is 1. The van der Waals surface area contributed by atoms with Crippen molar-refractivity contribution in [3.8, 4) is 11.1 Å². The van der Waals surface area contributed by atoms with Gasteiger partial charge < -0.3 is 15.5 Å². The summed E-state index contributed by atoms with van der Waals surface area (Å²) in [7, 11) is 0. The van der Waals surface area contributed by atoms with Gasteiger partial charge in [-0.1, -0.05) is 72.8 Å². The Morgan fingerprint density at radius 3 is 2.44 bits per heavy atom. The Labute approximate surface area is 228 Å². The monoisotopic (exact) mass is 524 g/mol. The molecule has 1 aliphatic carbocycles. The lowest BCUT2D eigenvalue weighted by Gasteiger charge is -2.18. The predicted molar refractivity (Wildman–Crippen MR) is 152 cm³/mol. The normalized spacial score (nSPS) is 15.8. The molecule has 6 heteroatoms. The third-order valence-electron chi connectivity index (χ3n) is 7.15. The number of nitrogens with zero attached hydrogens (tertiary/aromatic N) is 1. The zero-order valence-corrected chi connectivity index (χ0v) is 21.9. The lowest BCUT2D eigenvalue weighted by molar-refractivity contribution is -0.123. The fraction of sp³-hybridized carbons (Fsp3) is 0.273. The summed E-state index contributed by atoms with van der Waals surface area (Å²) in [6, 6.07) is 23.8. The van der Waals surface area contributed by atoms with Gasteiger partial charge in [0.15, 0.2) is 0 Å². The van der Waals surface area contributed by atoms with E-state index in [9.17, 15) is 19.4 Å². The van der Waals surface area contributed by atoms with Gasteiger partial charge in [-0.3, -0.25) is 9.78 Å². The van der Waals surface area contributed by atoms with Gasteiger partial charge in [0, 0.05) is 28.9 Å². The molecule has 3 N–H and O–H groups in total. The molecule has 0 spiro atoms. The summed E-state index contributed by atoms with van der Waals surface area (Å²) in [5.74, 6) is -0.238. The highest BCUT2D eigenvalue weighted by atomic mass is 19.1. The number of carbonyl (C=O) groups is 1. The van der Waals surface area contributed by atoms with Crippen LogP contribution in [0.25, 0.3) is 28.1 Å². The summed E-state index contributed by atoms with van der Waals surface area (Å²) >= 11 is 0. The zero-order chi connectivity index (χ0) is 27.4. The number of carbonyl (C=O) groups excluding carboxylic acids is 1. The molecular formula is C33H33FN2O3. The molecule has 5 nitrogen and oxygen atoms in total. The van der Waals surface area contributed by atoms with E-state index in [1.165, 1.54) is 12.1 Å². The molecule has 1 saturated carbocycles. The van der Waals surface area contributed by atoms with Crippen molar-refractivity contribution in [3.63, 3.8) is 0 Å². The summed E-state index contributed by atoms with van der Waals surface area (Å²) < 4.78 is 13.7. The van der Waals surface area contributed by atoms with Crippen molar-refractivity contribution >= 4 is 22.9 Å². The molecule has 0 aliphatic heterocycles. The molecule has 1 heterocycles. The smallest absolute Gasteiger partial charge is 0.223 e. The van der Waals surface area contributed by atoms with Crippen LogP contribution in [-0.2, 0) is 4.79 Å². The van der Waals surface area contributed by atoms with Crippen molar-refractivity contribution in [2.45, 2.75) is 56.8 Å². The molecule has 0 radical (unpaired) electrons. The van der Waals surface area contributed by atoms with Gasteiger partial charge in [0.25, 0.3) is 0 Å².